The van der Waals surface area contributed by atoms with Crippen molar-refractivity contribution >= 4 is 21.9 Å². The zero-order valence-electron chi connectivity index (χ0n) is 16.9. The zero-order valence-corrected chi connectivity index (χ0v) is 17.7. The van der Waals surface area contributed by atoms with Gasteiger partial charge in [-0.1, -0.05) is 0 Å². The average Bonchev–Trinajstić information content (AvgIpc) is 3.48. The normalized spacial score (nSPS) is 23.9. The van der Waals surface area contributed by atoms with Crippen LogP contribution in [0.25, 0.3) is 0 Å². The van der Waals surface area contributed by atoms with Crippen molar-refractivity contribution in [3.8, 4) is 0 Å². The second-order valence-electron chi connectivity index (χ2n) is 8.40. The van der Waals surface area contributed by atoms with Gasteiger partial charge in [-0.25, -0.2) is 9.97 Å². The van der Waals surface area contributed by atoms with E-state index in [1.54, 1.807) is 14.1 Å². The minimum Gasteiger partial charge on any atom is -0.296 e. The Morgan fingerprint density at radius 2 is 1.89 bits per heavy atom. The summed E-state index contributed by atoms with van der Waals surface area (Å²) >= 11 is 0. The quantitative estimate of drug-likeness (QED) is 0.738. The SMILES string of the molecule is Cc1nc(C2CCCN(S(=O)(=O)N(C)C)C2)nc2c1CCC(=O)N2CC1CC1. The Morgan fingerprint density at radius 3 is 2.57 bits per heavy atom. The van der Waals surface area contributed by atoms with Gasteiger partial charge in [0.1, 0.15) is 11.6 Å². The molecule has 0 radical (unpaired) electrons. The molecule has 1 atom stereocenters. The highest BCUT2D eigenvalue weighted by Crippen LogP contribution is 2.36. The molecule has 8 nitrogen and oxygen atoms in total. The molecule has 1 aromatic heterocycles. The lowest BCUT2D eigenvalue weighted by Gasteiger charge is -2.34. The summed E-state index contributed by atoms with van der Waals surface area (Å²) in [5, 5.41) is 0. The summed E-state index contributed by atoms with van der Waals surface area (Å²) in [6, 6.07) is 0. The molecule has 0 aromatic carbocycles. The first-order chi connectivity index (χ1) is 13.3. The molecule has 1 saturated carbocycles. The Hall–Kier alpha value is -1.58. The lowest BCUT2D eigenvalue weighted by Crippen LogP contribution is -2.45. The number of amides is 1. The number of hydrogen-bond acceptors (Lipinski definition) is 5. The van der Waals surface area contributed by atoms with Crippen molar-refractivity contribution in [1.29, 1.82) is 0 Å². The molecule has 0 spiro atoms. The monoisotopic (exact) mass is 407 g/mol. The molecule has 0 bridgehead atoms. The Kier molecular flexibility index (Phi) is 5.18. The third-order valence-corrected chi connectivity index (χ3v) is 7.94. The first-order valence-electron chi connectivity index (χ1n) is 10.1. The molecule has 2 fully saturated rings. The Labute approximate surface area is 167 Å². The van der Waals surface area contributed by atoms with Crippen molar-refractivity contribution in [3.05, 3.63) is 17.1 Å². The number of nitrogens with zero attached hydrogens (tertiary/aromatic N) is 5. The maximum Gasteiger partial charge on any atom is 0.281 e. The molecule has 1 aliphatic carbocycles. The predicted molar refractivity (Wildman–Crippen MR) is 106 cm³/mol. The Bertz CT molecular complexity index is 882. The van der Waals surface area contributed by atoms with Gasteiger partial charge in [0.25, 0.3) is 10.2 Å². The van der Waals surface area contributed by atoms with Gasteiger partial charge in [-0.05, 0) is 44.9 Å². The van der Waals surface area contributed by atoms with Gasteiger partial charge >= 0.3 is 0 Å². The van der Waals surface area contributed by atoms with Crippen LogP contribution in [0, 0.1) is 12.8 Å². The van der Waals surface area contributed by atoms with E-state index in [-0.39, 0.29) is 11.8 Å². The van der Waals surface area contributed by atoms with E-state index < -0.39 is 10.2 Å². The molecule has 1 aromatic rings. The fourth-order valence-corrected chi connectivity index (χ4v) is 5.32. The fraction of sp³-hybridized carbons (Fsp3) is 0.737. The minimum absolute atomic E-state index is 0.0488. The van der Waals surface area contributed by atoms with Crippen molar-refractivity contribution in [2.24, 2.45) is 5.92 Å². The van der Waals surface area contributed by atoms with E-state index in [1.807, 2.05) is 11.8 Å². The predicted octanol–water partition coefficient (Wildman–Crippen LogP) is 1.46. The first-order valence-corrected chi connectivity index (χ1v) is 11.5. The van der Waals surface area contributed by atoms with Crippen LogP contribution in [0.1, 0.15) is 55.1 Å². The maximum atomic E-state index is 12.6. The van der Waals surface area contributed by atoms with Gasteiger partial charge in [-0.2, -0.15) is 17.0 Å². The van der Waals surface area contributed by atoms with Crippen molar-refractivity contribution in [2.45, 2.75) is 51.4 Å². The number of carbonyl (C=O) groups excluding carboxylic acids is 1. The lowest BCUT2D eigenvalue weighted by atomic mass is 9.97. The lowest BCUT2D eigenvalue weighted by molar-refractivity contribution is -0.119. The van der Waals surface area contributed by atoms with Crippen LogP contribution >= 0.6 is 0 Å². The summed E-state index contributed by atoms with van der Waals surface area (Å²) in [6.45, 7) is 3.63. The van der Waals surface area contributed by atoms with Crippen LogP contribution in [-0.4, -0.2) is 66.6 Å². The van der Waals surface area contributed by atoms with Gasteiger partial charge in [0.2, 0.25) is 5.91 Å². The highest BCUT2D eigenvalue weighted by Gasteiger charge is 2.36. The summed E-state index contributed by atoms with van der Waals surface area (Å²) in [5.74, 6) is 2.11. The highest BCUT2D eigenvalue weighted by atomic mass is 32.2. The van der Waals surface area contributed by atoms with E-state index in [0.717, 1.165) is 36.5 Å². The number of fused-ring (bicyclic) bond motifs is 1. The summed E-state index contributed by atoms with van der Waals surface area (Å²) in [7, 11) is -0.338. The van der Waals surface area contributed by atoms with Crippen LogP contribution < -0.4 is 4.90 Å². The second-order valence-corrected chi connectivity index (χ2v) is 10.5. The van der Waals surface area contributed by atoms with Crippen LogP contribution in [-0.2, 0) is 21.4 Å². The summed E-state index contributed by atoms with van der Waals surface area (Å²) in [6.07, 6.45) is 5.19. The molecule has 28 heavy (non-hydrogen) atoms. The van der Waals surface area contributed by atoms with Crippen molar-refractivity contribution < 1.29 is 13.2 Å². The van der Waals surface area contributed by atoms with E-state index in [1.165, 1.54) is 21.5 Å². The van der Waals surface area contributed by atoms with Crippen molar-refractivity contribution in [3.63, 3.8) is 0 Å². The molecule has 3 heterocycles. The van der Waals surface area contributed by atoms with Gasteiger partial charge in [-0.3, -0.25) is 9.69 Å². The van der Waals surface area contributed by atoms with Crippen LogP contribution in [0.4, 0.5) is 5.82 Å². The average molecular weight is 408 g/mol. The molecule has 4 rings (SSSR count). The number of aromatic nitrogens is 2. The molecular formula is C19H29N5O3S. The molecule has 1 saturated heterocycles. The smallest absolute Gasteiger partial charge is 0.281 e. The third kappa shape index (κ3) is 3.67. The van der Waals surface area contributed by atoms with E-state index >= 15 is 0 Å². The number of carbonyl (C=O) groups is 1. The van der Waals surface area contributed by atoms with Crippen LogP contribution in [0.3, 0.4) is 0 Å². The molecule has 154 valence electrons. The van der Waals surface area contributed by atoms with Crippen molar-refractivity contribution in [1.82, 2.24) is 18.6 Å². The number of hydrogen-bond donors (Lipinski definition) is 0. The summed E-state index contributed by atoms with van der Waals surface area (Å²) in [5.41, 5.74) is 1.98. The van der Waals surface area contributed by atoms with Gasteiger partial charge in [0.15, 0.2) is 0 Å². The van der Waals surface area contributed by atoms with E-state index in [2.05, 4.69) is 0 Å². The maximum absolute atomic E-state index is 12.6. The fourth-order valence-electron chi connectivity index (χ4n) is 4.13. The van der Waals surface area contributed by atoms with Gasteiger partial charge in [0, 0.05) is 57.3 Å². The molecule has 1 unspecified atom stereocenters. The van der Waals surface area contributed by atoms with Crippen molar-refractivity contribution in [2.75, 3.05) is 38.6 Å². The Balaban J connectivity index is 1.64. The minimum atomic E-state index is -3.45. The first kappa shape index (κ1) is 19.7. The Morgan fingerprint density at radius 1 is 1.14 bits per heavy atom. The molecule has 1 amide bonds. The van der Waals surface area contributed by atoms with Crippen LogP contribution in [0.5, 0.6) is 0 Å². The second kappa shape index (κ2) is 7.35. The van der Waals surface area contributed by atoms with Crippen LogP contribution in [0.15, 0.2) is 0 Å². The number of rotatable bonds is 5. The third-order valence-electron chi connectivity index (χ3n) is 6.03. The standard InChI is InChI=1S/C19H29N5O3S/c1-13-16-8-9-17(25)24(11-14-6-7-14)19(16)21-18(20-13)15-5-4-10-23(12-15)28(26,27)22(2)3/h14-15H,4-12H2,1-3H3. The van der Waals surface area contributed by atoms with Gasteiger partial charge in [0.05, 0.1) is 0 Å². The zero-order chi connectivity index (χ0) is 20.1. The molecule has 2 aliphatic heterocycles. The molecule has 0 N–H and O–H groups in total. The summed E-state index contributed by atoms with van der Waals surface area (Å²) < 4.78 is 27.9. The van der Waals surface area contributed by atoms with Gasteiger partial charge in [-0.15, -0.1) is 0 Å². The number of piperidine rings is 1. The highest BCUT2D eigenvalue weighted by molar-refractivity contribution is 7.86. The van der Waals surface area contributed by atoms with E-state index in [4.69, 9.17) is 9.97 Å². The summed E-state index contributed by atoms with van der Waals surface area (Å²) in [4.78, 5) is 24.0. The largest absolute Gasteiger partial charge is 0.296 e. The number of aryl methyl sites for hydroxylation is 1. The van der Waals surface area contributed by atoms with Gasteiger partial charge < -0.3 is 0 Å². The molecular weight excluding hydrogens is 378 g/mol. The number of anilines is 1. The molecule has 9 heteroatoms. The van der Waals surface area contributed by atoms with Crippen LogP contribution in [0.2, 0.25) is 0 Å². The topological polar surface area (TPSA) is 86.7 Å². The van der Waals surface area contributed by atoms with E-state index in [9.17, 15) is 13.2 Å². The van der Waals surface area contributed by atoms with E-state index in [0.29, 0.717) is 37.7 Å². The molecule has 3 aliphatic rings.